The standard InChI is InChI=1S/C22H28N4O2S/c1-14-11-19(23-15-5-4-9-26(12-15)13-22(2,3)28)24-25-20(14)17-6-7-18-16(21(17)27)8-10-29-18/h6-8,10-11,15,27-28H,4-5,9,12-13H2,1-3H3,(H,23,24)/t15-/m1/s1. The van der Waals surface area contributed by atoms with Crippen molar-refractivity contribution in [1.29, 1.82) is 0 Å². The van der Waals surface area contributed by atoms with Gasteiger partial charge in [0.1, 0.15) is 11.6 Å². The Bertz CT molecular complexity index is 1010. The van der Waals surface area contributed by atoms with Gasteiger partial charge in [0.05, 0.1) is 11.3 Å². The van der Waals surface area contributed by atoms with Crippen LogP contribution in [0.5, 0.6) is 5.75 Å². The number of fused-ring (bicyclic) bond motifs is 1. The molecule has 0 amide bonds. The zero-order valence-corrected chi connectivity index (χ0v) is 18.0. The Hall–Kier alpha value is -2.22. The molecule has 7 heteroatoms. The van der Waals surface area contributed by atoms with Gasteiger partial charge < -0.3 is 15.5 Å². The van der Waals surface area contributed by atoms with Gasteiger partial charge >= 0.3 is 0 Å². The number of aromatic nitrogens is 2. The van der Waals surface area contributed by atoms with Crippen molar-refractivity contribution in [3.05, 3.63) is 35.2 Å². The lowest BCUT2D eigenvalue weighted by molar-refractivity contribution is 0.0286. The van der Waals surface area contributed by atoms with E-state index < -0.39 is 5.60 Å². The monoisotopic (exact) mass is 412 g/mol. The first-order valence-electron chi connectivity index (χ1n) is 10.1. The van der Waals surface area contributed by atoms with E-state index in [9.17, 15) is 10.2 Å². The van der Waals surface area contributed by atoms with E-state index in [2.05, 4.69) is 20.4 Å². The van der Waals surface area contributed by atoms with Crippen LogP contribution in [0.2, 0.25) is 0 Å². The molecule has 0 radical (unpaired) electrons. The Labute approximate surface area is 175 Å². The molecule has 1 aromatic carbocycles. The number of aromatic hydroxyl groups is 1. The smallest absolute Gasteiger partial charge is 0.149 e. The summed E-state index contributed by atoms with van der Waals surface area (Å²) in [5, 5.41) is 35.9. The van der Waals surface area contributed by atoms with Crippen LogP contribution in [0.4, 0.5) is 5.82 Å². The van der Waals surface area contributed by atoms with E-state index in [0.717, 1.165) is 47.4 Å². The summed E-state index contributed by atoms with van der Waals surface area (Å²) in [6.07, 6.45) is 2.16. The van der Waals surface area contributed by atoms with E-state index in [-0.39, 0.29) is 11.8 Å². The molecule has 3 heterocycles. The fourth-order valence-corrected chi connectivity index (χ4v) is 4.90. The molecule has 0 spiro atoms. The summed E-state index contributed by atoms with van der Waals surface area (Å²) in [6, 6.07) is 8.13. The summed E-state index contributed by atoms with van der Waals surface area (Å²) in [7, 11) is 0. The van der Waals surface area contributed by atoms with Crippen molar-refractivity contribution in [3.8, 4) is 17.0 Å². The molecule has 1 aliphatic rings. The minimum Gasteiger partial charge on any atom is -0.507 e. The predicted octanol–water partition coefficient (Wildman–Crippen LogP) is 4.02. The molecule has 1 fully saturated rings. The second-order valence-electron chi connectivity index (χ2n) is 8.59. The Kier molecular flexibility index (Phi) is 5.46. The molecule has 0 saturated carbocycles. The van der Waals surface area contributed by atoms with Crippen LogP contribution in [0.3, 0.4) is 0 Å². The molecule has 6 nitrogen and oxygen atoms in total. The molecule has 3 aromatic rings. The van der Waals surface area contributed by atoms with Crippen molar-refractivity contribution in [3.63, 3.8) is 0 Å². The zero-order chi connectivity index (χ0) is 20.6. The number of benzene rings is 1. The van der Waals surface area contributed by atoms with Gasteiger partial charge in [-0.1, -0.05) is 0 Å². The average Bonchev–Trinajstić information content (AvgIpc) is 3.11. The van der Waals surface area contributed by atoms with E-state index in [1.165, 1.54) is 0 Å². The topological polar surface area (TPSA) is 81.5 Å². The van der Waals surface area contributed by atoms with Crippen molar-refractivity contribution in [2.45, 2.75) is 45.3 Å². The average molecular weight is 413 g/mol. The lowest BCUT2D eigenvalue weighted by atomic mass is 10.0. The highest BCUT2D eigenvalue weighted by Crippen LogP contribution is 2.38. The number of hydrogen-bond acceptors (Lipinski definition) is 7. The fourth-order valence-electron chi connectivity index (χ4n) is 4.11. The number of rotatable bonds is 5. The van der Waals surface area contributed by atoms with E-state index in [1.54, 1.807) is 11.3 Å². The van der Waals surface area contributed by atoms with Crippen LogP contribution < -0.4 is 5.32 Å². The summed E-state index contributed by atoms with van der Waals surface area (Å²) in [5.41, 5.74) is 1.69. The quantitative estimate of drug-likeness (QED) is 0.587. The third-order valence-corrected chi connectivity index (χ3v) is 6.20. The minimum absolute atomic E-state index is 0.261. The third kappa shape index (κ3) is 4.52. The second-order valence-corrected chi connectivity index (χ2v) is 9.53. The number of aliphatic hydroxyl groups is 1. The number of aryl methyl sites for hydroxylation is 1. The van der Waals surface area contributed by atoms with Gasteiger partial charge in [0, 0.05) is 34.8 Å². The Morgan fingerprint density at radius 1 is 1.28 bits per heavy atom. The summed E-state index contributed by atoms with van der Waals surface area (Å²) in [5.74, 6) is 1.01. The second kappa shape index (κ2) is 7.89. The third-order valence-electron chi connectivity index (χ3n) is 5.31. The lowest BCUT2D eigenvalue weighted by Gasteiger charge is -2.36. The number of nitrogens with one attached hydrogen (secondary N) is 1. The SMILES string of the molecule is Cc1cc(N[C@@H]2CCCN(CC(C)(C)O)C2)nnc1-c1ccc2sccc2c1O. The Morgan fingerprint density at radius 2 is 2.10 bits per heavy atom. The van der Waals surface area contributed by atoms with Crippen molar-refractivity contribution in [2.75, 3.05) is 25.0 Å². The molecule has 1 aliphatic heterocycles. The fraction of sp³-hybridized carbons (Fsp3) is 0.455. The minimum atomic E-state index is -0.689. The molecule has 1 atom stereocenters. The number of thiophene rings is 1. The number of β-amino-alcohol motifs (C(OH)–C–C–N with tert-alkyl or cyclic N) is 1. The number of phenols is 1. The van der Waals surface area contributed by atoms with Gasteiger partial charge in [-0.15, -0.1) is 21.5 Å². The number of likely N-dealkylation sites (tertiary alicyclic amines) is 1. The van der Waals surface area contributed by atoms with E-state index in [1.807, 2.05) is 50.4 Å². The van der Waals surface area contributed by atoms with Crippen molar-refractivity contribution >= 4 is 27.2 Å². The van der Waals surface area contributed by atoms with Crippen LogP contribution in [0.15, 0.2) is 29.6 Å². The predicted molar refractivity (Wildman–Crippen MR) is 119 cm³/mol. The maximum atomic E-state index is 10.7. The number of piperidine rings is 1. The van der Waals surface area contributed by atoms with Gasteiger partial charge in [-0.3, -0.25) is 4.90 Å². The van der Waals surface area contributed by atoms with Gasteiger partial charge in [0.25, 0.3) is 0 Å². The highest BCUT2D eigenvalue weighted by molar-refractivity contribution is 7.17. The normalized spacial score (nSPS) is 18.3. The molecule has 0 bridgehead atoms. The maximum Gasteiger partial charge on any atom is 0.149 e. The van der Waals surface area contributed by atoms with Crippen LogP contribution in [-0.2, 0) is 0 Å². The first kappa shape index (κ1) is 20.1. The molecule has 4 rings (SSSR count). The van der Waals surface area contributed by atoms with Crippen LogP contribution in [-0.4, -0.2) is 56.6 Å². The van der Waals surface area contributed by atoms with Gasteiger partial charge in [0.15, 0.2) is 0 Å². The van der Waals surface area contributed by atoms with E-state index in [4.69, 9.17) is 0 Å². The molecule has 154 valence electrons. The molecule has 29 heavy (non-hydrogen) atoms. The Morgan fingerprint density at radius 3 is 2.86 bits per heavy atom. The number of hydrogen-bond donors (Lipinski definition) is 3. The molecule has 3 N–H and O–H groups in total. The first-order chi connectivity index (χ1) is 13.8. The lowest BCUT2D eigenvalue weighted by Crippen LogP contribution is -2.47. The molecule has 0 aliphatic carbocycles. The highest BCUT2D eigenvalue weighted by atomic mass is 32.1. The van der Waals surface area contributed by atoms with Crippen LogP contribution in [0, 0.1) is 6.92 Å². The zero-order valence-electron chi connectivity index (χ0n) is 17.1. The van der Waals surface area contributed by atoms with Crippen molar-refractivity contribution < 1.29 is 10.2 Å². The largest absolute Gasteiger partial charge is 0.507 e. The van der Waals surface area contributed by atoms with E-state index >= 15 is 0 Å². The van der Waals surface area contributed by atoms with Crippen molar-refractivity contribution in [1.82, 2.24) is 15.1 Å². The number of anilines is 1. The molecule has 2 aromatic heterocycles. The summed E-state index contributed by atoms with van der Waals surface area (Å²) in [4.78, 5) is 2.30. The number of nitrogens with zero attached hydrogens (tertiary/aromatic N) is 3. The van der Waals surface area contributed by atoms with Gasteiger partial charge in [-0.05, 0) is 75.4 Å². The first-order valence-corrected chi connectivity index (χ1v) is 10.9. The van der Waals surface area contributed by atoms with Gasteiger partial charge in [-0.2, -0.15) is 0 Å². The van der Waals surface area contributed by atoms with Crippen LogP contribution in [0.1, 0.15) is 32.3 Å². The van der Waals surface area contributed by atoms with Crippen LogP contribution >= 0.6 is 11.3 Å². The molecule has 1 saturated heterocycles. The maximum absolute atomic E-state index is 10.7. The summed E-state index contributed by atoms with van der Waals surface area (Å²) in [6.45, 7) is 8.24. The van der Waals surface area contributed by atoms with E-state index in [0.29, 0.717) is 17.8 Å². The number of phenolic OH excluding ortho intramolecular Hbond substituents is 1. The molecule has 0 unspecified atom stereocenters. The Balaban J connectivity index is 1.50. The molecular formula is C22H28N4O2S. The summed E-state index contributed by atoms with van der Waals surface area (Å²) >= 11 is 1.61. The van der Waals surface area contributed by atoms with Gasteiger partial charge in [0.2, 0.25) is 0 Å². The highest BCUT2D eigenvalue weighted by Gasteiger charge is 2.25. The summed E-state index contributed by atoms with van der Waals surface area (Å²) < 4.78 is 1.06. The van der Waals surface area contributed by atoms with Gasteiger partial charge in [-0.25, -0.2) is 0 Å². The van der Waals surface area contributed by atoms with Crippen molar-refractivity contribution in [2.24, 2.45) is 0 Å². The molecular weight excluding hydrogens is 384 g/mol. The van der Waals surface area contributed by atoms with Crippen LogP contribution in [0.25, 0.3) is 21.3 Å².